The van der Waals surface area contributed by atoms with Gasteiger partial charge >= 0.3 is 6.09 Å². The zero-order valence-electron chi connectivity index (χ0n) is 27.9. The number of para-hydroxylation sites is 2. The van der Waals surface area contributed by atoms with E-state index in [2.05, 4.69) is 17.6 Å². The van der Waals surface area contributed by atoms with Crippen molar-refractivity contribution in [2.24, 2.45) is 0 Å². The van der Waals surface area contributed by atoms with E-state index in [0.29, 0.717) is 22.7 Å². The van der Waals surface area contributed by atoms with E-state index < -0.39 is 35.6 Å². The maximum atomic E-state index is 14.7. The summed E-state index contributed by atoms with van der Waals surface area (Å²) in [6, 6.07) is 17.5. The second-order valence-corrected chi connectivity index (χ2v) is 13.1. The highest BCUT2D eigenvalue weighted by atomic mass is 35.5. The number of phenols is 1. The Balaban J connectivity index is 2.13. The Labute approximate surface area is 278 Å². The Hall–Kier alpha value is -4.04. The number of anilines is 1. The van der Waals surface area contributed by atoms with Crippen molar-refractivity contribution in [3.8, 4) is 5.75 Å². The highest BCUT2D eigenvalue weighted by molar-refractivity contribution is 6.34. The second-order valence-electron chi connectivity index (χ2n) is 12.7. The molecule has 2 atom stereocenters. The average Bonchev–Trinajstić information content (AvgIpc) is 2.99. The number of carbonyl (C=O) groups excluding carboxylic acids is 3. The van der Waals surface area contributed by atoms with Crippen LogP contribution in [-0.2, 0) is 20.7 Å². The SMILES string of the molecule is CCCCCCCN(C(=O)C(Cc1ccccc1)NC(=O)OC(C)(C)C)C(C(=O)Nc1c(C)cccc1Cl)c1cccc(C)c1O. The second kappa shape index (κ2) is 17.0. The maximum absolute atomic E-state index is 14.7. The van der Waals surface area contributed by atoms with Crippen LogP contribution in [0.2, 0.25) is 5.02 Å². The third kappa shape index (κ3) is 10.5. The van der Waals surface area contributed by atoms with Gasteiger partial charge in [-0.15, -0.1) is 0 Å². The van der Waals surface area contributed by atoms with Gasteiger partial charge in [-0.2, -0.15) is 0 Å². The minimum Gasteiger partial charge on any atom is -0.507 e. The Kier molecular flexibility index (Phi) is 13.5. The number of phenolic OH excluding ortho intramolecular Hbond substituents is 1. The summed E-state index contributed by atoms with van der Waals surface area (Å²) in [5.41, 5.74) is 2.05. The molecule has 3 aromatic carbocycles. The number of alkyl carbamates (subject to hydrolysis) is 1. The molecule has 0 aliphatic carbocycles. The fraction of sp³-hybridized carbons (Fsp3) is 0.432. The van der Waals surface area contributed by atoms with Crippen LogP contribution in [0.25, 0.3) is 0 Å². The number of aryl methyl sites for hydroxylation is 2. The zero-order chi connectivity index (χ0) is 33.9. The number of hydrogen-bond donors (Lipinski definition) is 3. The third-order valence-corrected chi connectivity index (χ3v) is 7.97. The molecule has 3 amide bonds. The molecule has 0 heterocycles. The number of halogens is 1. The van der Waals surface area contributed by atoms with Gasteiger partial charge in [0.05, 0.1) is 10.7 Å². The minimum absolute atomic E-state index is 0.0815. The molecule has 0 spiro atoms. The number of carbonyl (C=O) groups is 3. The summed E-state index contributed by atoms with van der Waals surface area (Å²) in [5, 5.41) is 17.4. The van der Waals surface area contributed by atoms with E-state index in [1.807, 2.05) is 43.3 Å². The van der Waals surface area contributed by atoms with Gasteiger partial charge in [0.2, 0.25) is 5.91 Å². The molecule has 0 aliphatic rings. The van der Waals surface area contributed by atoms with E-state index in [1.54, 1.807) is 58.0 Å². The number of unbranched alkanes of at least 4 members (excludes halogenated alkanes) is 4. The van der Waals surface area contributed by atoms with Gasteiger partial charge in [0.25, 0.3) is 5.91 Å². The van der Waals surface area contributed by atoms with Crippen molar-refractivity contribution < 1.29 is 24.2 Å². The molecule has 0 saturated carbocycles. The molecule has 0 bridgehead atoms. The summed E-state index contributed by atoms with van der Waals surface area (Å²) in [6.45, 7) is 11.2. The van der Waals surface area contributed by atoms with Gasteiger partial charge in [0, 0.05) is 18.5 Å². The highest BCUT2D eigenvalue weighted by Gasteiger charge is 2.38. The lowest BCUT2D eigenvalue weighted by atomic mass is 9.97. The van der Waals surface area contributed by atoms with E-state index in [4.69, 9.17) is 16.3 Å². The lowest BCUT2D eigenvalue weighted by Gasteiger charge is -2.35. The standard InChI is InChI=1S/C37H48ClN3O5/c1-7-8-9-10-14-23-41(35(44)30(24-27-19-12-11-13-20-27)39-36(45)46-37(4,5)6)32(28-21-15-18-26(3)33(28)42)34(43)40-31-25(2)17-16-22-29(31)38/h11-13,15-22,30,32,42H,7-10,14,23-24H2,1-6H3,(H,39,45)(H,40,43). The average molecular weight is 650 g/mol. The number of ether oxygens (including phenoxy) is 1. The molecule has 248 valence electrons. The van der Waals surface area contributed by atoms with E-state index in [9.17, 15) is 19.5 Å². The lowest BCUT2D eigenvalue weighted by molar-refractivity contribution is -0.141. The molecule has 0 fully saturated rings. The van der Waals surface area contributed by atoms with Crippen LogP contribution in [0, 0.1) is 13.8 Å². The topological polar surface area (TPSA) is 108 Å². The zero-order valence-corrected chi connectivity index (χ0v) is 28.6. The molecule has 0 radical (unpaired) electrons. The Bertz CT molecular complexity index is 1450. The first-order valence-electron chi connectivity index (χ1n) is 16.0. The predicted octanol–water partition coefficient (Wildman–Crippen LogP) is 8.28. The van der Waals surface area contributed by atoms with E-state index in [-0.39, 0.29) is 24.3 Å². The van der Waals surface area contributed by atoms with Gasteiger partial charge in [-0.25, -0.2) is 4.79 Å². The molecule has 3 aromatic rings. The Morgan fingerprint density at radius 3 is 2.20 bits per heavy atom. The minimum atomic E-state index is -1.23. The number of aromatic hydroxyl groups is 1. The Morgan fingerprint density at radius 1 is 0.891 bits per heavy atom. The van der Waals surface area contributed by atoms with Crippen molar-refractivity contribution in [3.63, 3.8) is 0 Å². The number of hydrogen-bond acceptors (Lipinski definition) is 5. The smallest absolute Gasteiger partial charge is 0.408 e. The van der Waals surface area contributed by atoms with E-state index >= 15 is 0 Å². The van der Waals surface area contributed by atoms with Gasteiger partial charge < -0.3 is 25.4 Å². The molecular weight excluding hydrogens is 602 g/mol. The summed E-state index contributed by atoms with van der Waals surface area (Å²) in [6.07, 6.45) is 3.99. The molecule has 0 aliphatic heterocycles. The van der Waals surface area contributed by atoms with Crippen LogP contribution in [0.4, 0.5) is 10.5 Å². The first-order valence-corrected chi connectivity index (χ1v) is 16.4. The van der Waals surface area contributed by atoms with Crippen molar-refractivity contribution in [3.05, 3.63) is 94.0 Å². The first kappa shape index (κ1) is 36.4. The number of nitrogens with zero attached hydrogens (tertiary/aromatic N) is 1. The number of benzene rings is 3. The van der Waals surface area contributed by atoms with Crippen molar-refractivity contribution in [1.82, 2.24) is 10.2 Å². The first-order chi connectivity index (χ1) is 21.8. The summed E-state index contributed by atoms with van der Waals surface area (Å²) >= 11 is 6.50. The Morgan fingerprint density at radius 2 is 1.54 bits per heavy atom. The summed E-state index contributed by atoms with van der Waals surface area (Å²) in [5.74, 6) is -1.08. The summed E-state index contributed by atoms with van der Waals surface area (Å²) in [7, 11) is 0. The van der Waals surface area contributed by atoms with Crippen LogP contribution in [0.3, 0.4) is 0 Å². The van der Waals surface area contributed by atoms with Crippen LogP contribution >= 0.6 is 11.6 Å². The molecular formula is C37H48ClN3O5. The third-order valence-electron chi connectivity index (χ3n) is 7.65. The highest BCUT2D eigenvalue weighted by Crippen LogP contribution is 2.35. The van der Waals surface area contributed by atoms with Crippen molar-refractivity contribution in [2.45, 2.75) is 97.8 Å². The van der Waals surface area contributed by atoms with E-state index in [0.717, 1.165) is 36.8 Å². The van der Waals surface area contributed by atoms with Gasteiger partial charge in [0.1, 0.15) is 23.4 Å². The monoisotopic (exact) mass is 649 g/mol. The number of rotatable bonds is 14. The quantitative estimate of drug-likeness (QED) is 0.152. The van der Waals surface area contributed by atoms with Crippen molar-refractivity contribution in [1.29, 1.82) is 0 Å². The van der Waals surface area contributed by atoms with Gasteiger partial charge in [-0.3, -0.25) is 9.59 Å². The predicted molar refractivity (Wildman–Crippen MR) is 184 cm³/mol. The van der Waals surface area contributed by atoms with Crippen LogP contribution in [0.15, 0.2) is 66.7 Å². The molecule has 9 heteroatoms. The van der Waals surface area contributed by atoms with Crippen molar-refractivity contribution >= 4 is 35.2 Å². The van der Waals surface area contributed by atoms with Crippen LogP contribution in [0.5, 0.6) is 5.75 Å². The molecule has 0 aromatic heterocycles. The van der Waals surface area contributed by atoms with Crippen LogP contribution < -0.4 is 10.6 Å². The molecule has 0 saturated heterocycles. The maximum Gasteiger partial charge on any atom is 0.408 e. The van der Waals surface area contributed by atoms with E-state index in [1.165, 1.54) is 4.90 Å². The molecule has 2 unspecified atom stereocenters. The normalized spacial score (nSPS) is 12.6. The lowest BCUT2D eigenvalue weighted by Crippen LogP contribution is -2.53. The van der Waals surface area contributed by atoms with Crippen LogP contribution in [0.1, 0.15) is 88.1 Å². The molecule has 3 rings (SSSR count). The number of nitrogens with one attached hydrogen (secondary N) is 2. The van der Waals surface area contributed by atoms with Gasteiger partial charge in [-0.1, -0.05) is 105 Å². The van der Waals surface area contributed by atoms with Crippen LogP contribution in [-0.4, -0.2) is 46.1 Å². The van der Waals surface area contributed by atoms with Gasteiger partial charge in [-0.05, 0) is 63.8 Å². The molecule has 3 N–H and O–H groups in total. The largest absolute Gasteiger partial charge is 0.507 e. The summed E-state index contributed by atoms with van der Waals surface area (Å²) in [4.78, 5) is 43.7. The van der Waals surface area contributed by atoms with Gasteiger partial charge in [0.15, 0.2) is 0 Å². The number of amides is 3. The summed E-state index contributed by atoms with van der Waals surface area (Å²) < 4.78 is 5.54. The van der Waals surface area contributed by atoms with Crippen molar-refractivity contribution in [2.75, 3.05) is 11.9 Å². The molecule has 46 heavy (non-hydrogen) atoms. The fourth-order valence-electron chi connectivity index (χ4n) is 5.29. The molecule has 8 nitrogen and oxygen atoms in total. The fourth-order valence-corrected chi connectivity index (χ4v) is 5.56.